The molecule has 0 heterocycles. The third-order valence-corrected chi connectivity index (χ3v) is 3.75. The highest BCUT2D eigenvalue weighted by Crippen LogP contribution is 2.47. The number of aliphatic hydroxyl groups is 1. The molecule has 0 spiro atoms. The lowest BCUT2D eigenvalue weighted by molar-refractivity contribution is 0.0668. The van der Waals surface area contributed by atoms with Crippen molar-refractivity contribution in [2.24, 2.45) is 5.41 Å². The Hall–Kier alpha value is -1.40. The van der Waals surface area contributed by atoms with Gasteiger partial charge in [0.25, 0.3) is 0 Å². The van der Waals surface area contributed by atoms with E-state index in [2.05, 4.69) is 6.07 Å². The van der Waals surface area contributed by atoms with Gasteiger partial charge in [0, 0.05) is 0 Å². The monoisotopic (exact) mass is 233 g/mol. The Balaban J connectivity index is 2.33. The van der Waals surface area contributed by atoms with Crippen LogP contribution in [0.1, 0.15) is 42.9 Å². The summed E-state index contributed by atoms with van der Waals surface area (Å²) in [5, 5.41) is 19.6. The smallest absolute Gasteiger partial charge is 0.126 e. The van der Waals surface area contributed by atoms with E-state index in [1.165, 1.54) is 6.07 Å². The van der Waals surface area contributed by atoms with E-state index < -0.39 is 11.5 Å². The van der Waals surface area contributed by atoms with Crippen LogP contribution in [0.2, 0.25) is 0 Å². The van der Waals surface area contributed by atoms with Crippen molar-refractivity contribution >= 4 is 0 Å². The highest BCUT2D eigenvalue weighted by atomic mass is 19.1. The molecule has 90 valence electrons. The van der Waals surface area contributed by atoms with E-state index in [4.69, 9.17) is 0 Å². The van der Waals surface area contributed by atoms with Gasteiger partial charge in [-0.3, -0.25) is 0 Å². The topological polar surface area (TPSA) is 44.0 Å². The maximum absolute atomic E-state index is 13.5. The first-order valence-corrected chi connectivity index (χ1v) is 5.94. The summed E-state index contributed by atoms with van der Waals surface area (Å²) in [7, 11) is 0. The molecule has 1 aromatic carbocycles. The Labute approximate surface area is 101 Å². The molecule has 1 saturated carbocycles. The third-order valence-electron chi connectivity index (χ3n) is 3.75. The Bertz CT molecular complexity index is 458. The van der Waals surface area contributed by atoms with E-state index in [1.54, 1.807) is 19.1 Å². The minimum absolute atomic E-state index is 0.326. The van der Waals surface area contributed by atoms with Gasteiger partial charge in [0.1, 0.15) is 5.82 Å². The summed E-state index contributed by atoms with van der Waals surface area (Å²) in [6.07, 6.45) is 2.42. The number of hydrogen-bond donors (Lipinski definition) is 1. The normalized spacial score (nSPS) is 19.9. The van der Waals surface area contributed by atoms with Crippen molar-refractivity contribution in [2.75, 3.05) is 0 Å². The largest absolute Gasteiger partial charge is 0.387 e. The number of benzene rings is 1. The zero-order valence-corrected chi connectivity index (χ0v) is 9.91. The van der Waals surface area contributed by atoms with Crippen molar-refractivity contribution in [3.63, 3.8) is 0 Å². The average molecular weight is 233 g/mol. The van der Waals surface area contributed by atoms with Crippen LogP contribution in [-0.4, -0.2) is 5.11 Å². The maximum Gasteiger partial charge on any atom is 0.126 e. The predicted molar refractivity (Wildman–Crippen MR) is 62.6 cm³/mol. The van der Waals surface area contributed by atoms with Gasteiger partial charge in [0.15, 0.2) is 0 Å². The lowest BCUT2D eigenvalue weighted by Crippen LogP contribution is -2.24. The van der Waals surface area contributed by atoms with Gasteiger partial charge in [-0.1, -0.05) is 25.0 Å². The molecule has 1 aliphatic carbocycles. The van der Waals surface area contributed by atoms with Crippen LogP contribution >= 0.6 is 0 Å². The molecule has 0 saturated heterocycles. The van der Waals surface area contributed by atoms with Crippen LogP contribution in [0, 0.1) is 29.5 Å². The lowest BCUT2D eigenvalue weighted by Gasteiger charge is -2.27. The van der Waals surface area contributed by atoms with E-state index in [0.717, 1.165) is 12.8 Å². The van der Waals surface area contributed by atoms with Gasteiger partial charge in [-0.05, 0) is 37.0 Å². The van der Waals surface area contributed by atoms with Crippen LogP contribution < -0.4 is 0 Å². The van der Waals surface area contributed by atoms with Gasteiger partial charge in [0.2, 0.25) is 0 Å². The van der Waals surface area contributed by atoms with Gasteiger partial charge in [0.05, 0.1) is 17.6 Å². The van der Waals surface area contributed by atoms with Crippen LogP contribution in [0.3, 0.4) is 0 Å². The fourth-order valence-corrected chi connectivity index (χ4v) is 2.55. The molecular formula is C14H16FNO. The van der Waals surface area contributed by atoms with Gasteiger partial charge < -0.3 is 5.11 Å². The maximum atomic E-state index is 13.5. The lowest BCUT2D eigenvalue weighted by atomic mass is 9.78. The number of rotatable bonds is 2. The molecule has 0 amide bonds. The molecule has 1 atom stereocenters. The summed E-state index contributed by atoms with van der Waals surface area (Å²) in [6.45, 7) is 1.68. The second-order valence-corrected chi connectivity index (χ2v) is 4.89. The second-order valence-electron chi connectivity index (χ2n) is 4.89. The van der Waals surface area contributed by atoms with Crippen molar-refractivity contribution in [3.05, 3.63) is 35.1 Å². The van der Waals surface area contributed by atoms with Crippen LogP contribution in [0.15, 0.2) is 18.2 Å². The van der Waals surface area contributed by atoms with Crippen molar-refractivity contribution in [3.8, 4) is 6.07 Å². The zero-order valence-electron chi connectivity index (χ0n) is 9.91. The second kappa shape index (κ2) is 4.46. The van der Waals surface area contributed by atoms with Crippen molar-refractivity contribution in [2.45, 2.75) is 38.7 Å². The first-order chi connectivity index (χ1) is 8.09. The zero-order chi connectivity index (χ0) is 12.5. The minimum Gasteiger partial charge on any atom is -0.387 e. The fraction of sp³-hybridized carbons (Fsp3) is 0.500. The van der Waals surface area contributed by atoms with Crippen molar-refractivity contribution < 1.29 is 9.50 Å². The molecule has 17 heavy (non-hydrogen) atoms. The van der Waals surface area contributed by atoms with Crippen LogP contribution in [-0.2, 0) is 0 Å². The Morgan fingerprint density at radius 3 is 2.59 bits per heavy atom. The summed E-state index contributed by atoms with van der Waals surface area (Å²) in [6, 6.07) is 6.94. The van der Waals surface area contributed by atoms with Gasteiger partial charge in [-0.15, -0.1) is 0 Å². The van der Waals surface area contributed by atoms with Crippen LogP contribution in [0.5, 0.6) is 0 Å². The molecule has 0 bridgehead atoms. The number of nitrogens with zero attached hydrogens (tertiary/aromatic N) is 1. The molecule has 0 aliphatic heterocycles. The first kappa shape index (κ1) is 12.1. The predicted octanol–water partition coefficient (Wildman–Crippen LogP) is 3.25. The molecule has 1 aliphatic rings. The highest BCUT2D eigenvalue weighted by molar-refractivity contribution is 5.28. The number of aliphatic hydroxyl groups excluding tert-OH is 1. The Morgan fingerprint density at radius 2 is 2.06 bits per heavy atom. The summed E-state index contributed by atoms with van der Waals surface area (Å²) >= 11 is 0. The molecule has 0 aromatic heterocycles. The summed E-state index contributed by atoms with van der Waals surface area (Å²) in [5.74, 6) is -0.326. The molecule has 1 aromatic rings. The molecular weight excluding hydrogens is 217 g/mol. The third kappa shape index (κ3) is 2.05. The van der Waals surface area contributed by atoms with Crippen molar-refractivity contribution in [1.82, 2.24) is 0 Å². The summed E-state index contributed by atoms with van der Waals surface area (Å²) in [5.41, 5.74) is 0.344. The number of hydrogen-bond acceptors (Lipinski definition) is 2. The average Bonchev–Trinajstić information content (AvgIpc) is 2.81. The van der Waals surface area contributed by atoms with E-state index in [-0.39, 0.29) is 5.82 Å². The molecule has 0 radical (unpaired) electrons. The van der Waals surface area contributed by atoms with Gasteiger partial charge >= 0.3 is 0 Å². The molecule has 2 nitrogen and oxygen atoms in total. The molecule has 1 N–H and O–H groups in total. The van der Waals surface area contributed by atoms with E-state index >= 15 is 0 Å². The van der Waals surface area contributed by atoms with Crippen LogP contribution in [0.25, 0.3) is 0 Å². The first-order valence-electron chi connectivity index (χ1n) is 5.94. The fourth-order valence-electron chi connectivity index (χ4n) is 2.55. The quantitative estimate of drug-likeness (QED) is 0.852. The Morgan fingerprint density at radius 1 is 1.41 bits per heavy atom. The molecule has 3 heteroatoms. The Kier molecular flexibility index (Phi) is 3.17. The van der Waals surface area contributed by atoms with Gasteiger partial charge in [-0.2, -0.15) is 5.26 Å². The van der Waals surface area contributed by atoms with E-state index in [0.29, 0.717) is 24.0 Å². The van der Waals surface area contributed by atoms with Crippen molar-refractivity contribution in [1.29, 1.82) is 5.26 Å². The molecule has 2 rings (SSSR count). The SMILES string of the molecule is Cc1ccc(C(O)C2(C#N)CCCC2)cc1F. The van der Waals surface area contributed by atoms with E-state index in [9.17, 15) is 14.8 Å². The number of aryl methyl sites for hydroxylation is 1. The standard InChI is InChI=1S/C14H16FNO/c1-10-4-5-11(8-12(10)15)13(17)14(9-16)6-2-3-7-14/h4-5,8,13,17H,2-3,6-7H2,1H3. The minimum atomic E-state index is -0.884. The molecule has 1 fully saturated rings. The highest BCUT2D eigenvalue weighted by Gasteiger charge is 2.41. The van der Waals surface area contributed by atoms with E-state index in [1.807, 2.05) is 0 Å². The van der Waals surface area contributed by atoms with Gasteiger partial charge in [-0.25, -0.2) is 4.39 Å². The molecule has 1 unspecified atom stereocenters. The number of halogens is 1. The summed E-state index contributed by atoms with van der Waals surface area (Å²) in [4.78, 5) is 0. The number of nitriles is 1. The van der Waals surface area contributed by atoms with Crippen LogP contribution in [0.4, 0.5) is 4.39 Å². The summed E-state index contributed by atoms with van der Waals surface area (Å²) < 4.78 is 13.5.